The van der Waals surface area contributed by atoms with Crippen molar-refractivity contribution in [2.75, 3.05) is 5.75 Å². The van der Waals surface area contributed by atoms with Gasteiger partial charge in [-0.15, -0.1) is 0 Å². The SMILES string of the molecule is CC1=CCCC2(C)C(CCC2(O)CSc2ncn[nH]2)c2ccc(cc2C(=O)c2ccco2)CC(O)CC1. The summed E-state index contributed by atoms with van der Waals surface area (Å²) in [5, 5.41) is 30.4. The predicted octanol–water partition coefficient (Wildman–Crippen LogP) is 5.46. The van der Waals surface area contributed by atoms with E-state index in [2.05, 4.69) is 35.1 Å². The zero-order valence-electron chi connectivity index (χ0n) is 21.4. The Labute approximate surface area is 221 Å². The molecule has 2 aromatic heterocycles. The Morgan fingerprint density at radius 3 is 2.89 bits per heavy atom. The zero-order valence-corrected chi connectivity index (χ0v) is 22.3. The summed E-state index contributed by atoms with van der Waals surface area (Å²) < 4.78 is 5.49. The van der Waals surface area contributed by atoms with Crippen LogP contribution in [0.2, 0.25) is 0 Å². The van der Waals surface area contributed by atoms with E-state index in [1.165, 1.54) is 29.9 Å². The number of nitrogens with zero attached hydrogens (tertiary/aromatic N) is 2. The molecule has 0 amide bonds. The van der Waals surface area contributed by atoms with Gasteiger partial charge in [-0.3, -0.25) is 9.89 Å². The number of nitrogens with one attached hydrogen (secondary N) is 1. The van der Waals surface area contributed by atoms with Crippen molar-refractivity contribution < 1.29 is 19.4 Å². The smallest absolute Gasteiger partial charge is 0.228 e. The summed E-state index contributed by atoms with van der Waals surface area (Å²) in [6, 6.07) is 9.42. The lowest BCUT2D eigenvalue weighted by Crippen LogP contribution is -2.46. The second-order valence-electron chi connectivity index (χ2n) is 10.8. The van der Waals surface area contributed by atoms with Crippen LogP contribution in [-0.4, -0.2) is 48.6 Å². The van der Waals surface area contributed by atoms with Gasteiger partial charge in [-0.05, 0) is 87.1 Å². The summed E-state index contributed by atoms with van der Waals surface area (Å²) in [6.45, 7) is 4.30. The number of thioether (sulfide) groups is 1. The van der Waals surface area contributed by atoms with Crippen molar-refractivity contribution in [1.29, 1.82) is 0 Å². The second kappa shape index (κ2) is 10.6. The molecule has 1 aromatic carbocycles. The molecule has 3 aliphatic carbocycles. The summed E-state index contributed by atoms with van der Waals surface area (Å²) in [7, 11) is 0. The molecule has 8 heteroatoms. The number of hydrogen-bond acceptors (Lipinski definition) is 7. The molecular formula is C29H35N3O4S. The fourth-order valence-electron chi connectivity index (χ4n) is 6.17. The van der Waals surface area contributed by atoms with Crippen LogP contribution in [0.5, 0.6) is 0 Å². The standard InChI is InChI=1S/C29H35N3O4S/c1-19-5-3-12-28(2)24(11-13-29(28,35)17-37-27-30-18-31-32-27)22-10-8-20(15-21(33)9-7-19)16-23(22)26(34)25-6-4-14-36-25/h4-6,8,10,14,16,18,21,24,33,35H,3,7,9,11-13,15,17H2,1-2H3,(H,30,31,32). The van der Waals surface area contributed by atoms with E-state index in [0.717, 1.165) is 36.8 Å². The number of aliphatic hydroxyl groups excluding tert-OH is 1. The average molecular weight is 522 g/mol. The van der Waals surface area contributed by atoms with Crippen molar-refractivity contribution >= 4 is 17.5 Å². The lowest BCUT2D eigenvalue weighted by Gasteiger charge is -2.44. The number of benzene rings is 1. The zero-order chi connectivity index (χ0) is 26.0. The van der Waals surface area contributed by atoms with Crippen LogP contribution < -0.4 is 0 Å². The molecule has 2 heterocycles. The number of carbonyl (C=O) groups excluding carboxylic acids is 1. The van der Waals surface area contributed by atoms with E-state index < -0.39 is 17.1 Å². The van der Waals surface area contributed by atoms with E-state index in [1.807, 2.05) is 18.2 Å². The largest absolute Gasteiger partial charge is 0.461 e. The van der Waals surface area contributed by atoms with Crippen molar-refractivity contribution in [3.63, 3.8) is 0 Å². The highest BCUT2D eigenvalue weighted by Gasteiger charge is 2.56. The van der Waals surface area contributed by atoms with E-state index in [1.54, 1.807) is 12.1 Å². The maximum atomic E-state index is 13.7. The van der Waals surface area contributed by atoms with E-state index in [4.69, 9.17) is 4.42 Å². The molecular weight excluding hydrogens is 486 g/mol. The summed E-state index contributed by atoms with van der Waals surface area (Å²) in [4.78, 5) is 17.9. The van der Waals surface area contributed by atoms with Gasteiger partial charge < -0.3 is 14.6 Å². The molecule has 0 aliphatic heterocycles. The molecule has 2 bridgehead atoms. The van der Waals surface area contributed by atoms with Gasteiger partial charge in [0.2, 0.25) is 5.78 Å². The Kier molecular flexibility index (Phi) is 7.43. The van der Waals surface area contributed by atoms with E-state index in [-0.39, 0.29) is 11.7 Å². The van der Waals surface area contributed by atoms with Crippen molar-refractivity contribution in [3.05, 3.63) is 77.0 Å². The molecule has 6 rings (SSSR count). The molecule has 3 aromatic rings. The van der Waals surface area contributed by atoms with E-state index in [9.17, 15) is 15.0 Å². The van der Waals surface area contributed by atoms with Gasteiger partial charge >= 0.3 is 0 Å². The number of aliphatic hydroxyl groups is 2. The normalized spacial score (nSPS) is 28.5. The van der Waals surface area contributed by atoms with Crippen LogP contribution in [-0.2, 0) is 6.42 Å². The minimum Gasteiger partial charge on any atom is -0.461 e. The maximum absolute atomic E-state index is 13.7. The van der Waals surface area contributed by atoms with E-state index in [0.29, 0.717) is 41.5 Å². The van der Waals surface area contributed by atoms with Crippen molar-refractivity contribution in [3.8, 4) is 0 Å². The number of H-pyrrole nitrogens is 1. The molecule has 37 heavy (non-hydrogen) atoms. The Hall–Kier alpha value is -2.68. The minimum atomic E-state index is -0.951. The first-order chi connectivity index (χ1) is 17.8. The van der Waals surface area contributed by atoms with Crippen LogP contribution in [0.3, 0.4) is 0 Å². The fraction of sp³-hybridized carbons (Fsp3) is 0.483. The summed E-state index contributed by atoms with van der Waals surface area (Å²) in [5.74, 6) is 0.615. The molecule has 3 aliphatic rings. The van der Waals surface area contributed by atoms with Gasteiger partial charge in [-0.1, -0.05) is 42.5 Å². The van der Waals surface area contributed by atoms with Crippen LogP contribution in [0.25, 0.3) is 0 Å². The highest BCUT2D eigenvalue weighted by Crippen LogP contribution is 2.59. The van der Waals surface area contributed by atoms with Crippen LogP contribution in [0, 0.1) is 5.41 Å². The Balaban J connectivity index is 1.58. The van der Waals surface area contributed by atoms with Gasteiger partial charge in [0.15, 0.2) is 10.9 Å². The van der Waals surface area contributed by atoms with Crippen LogP contribution in [0.15, 0.2) is 64.1 Å². The first-order valence-electron chi connectivity index (χ1n) is 13.0. The molecule has 0 spiro atoms. The average Bonchev–Trinajstić information content (AvgIpc) is 3.64. The first kappa shape index (κ1) is 25.9. The molecule has 1 saturated carbocycles. The van der Waals surface area contributed by atoms with Gasteiger partial charge in [0.1, 0.15) is 6.33 Å². The Bertz CT molecular complexity index is 1260. The lowest BCUT2D eigenvalue weighted by molar-refractivity contribution is -0.0422. The number of ketones is 1. The Morgan fingerprint density at radius 2 is 2.14 bits per heavy atom. The maximum Gasteiger partial charge on any atom is 0.228 e. The monoisotopic (exact) mass is 521 g/mol. The summed E-state index contributed by atoms with van der Waals surface area (Å²) in [6.07, 6.45) is 9.76. The predicted molar refractivity (Wildman–Crippen MR) is 143 cm³/mol. The molecule has 4 atom stereocenters. The number of hydrogen-bond donors (Lipinski definition) is 3. The third-order valence-corrected chi connectivity index (χ3v) is 9.59. The molecule has 4 unspecified atom stereocenters. The summed E-state index contributed by atoms with van der Waals surface area (Å²) in [5.41, 5.74) is 2.32. The van der Waals surface area contributed by atoms with Crippen LogP contribution in [0.1, 0.15) is 85.5 Å². The Morgan fingerprint density at radius 1 is 1.27 bits per heavy atom. The lowest BCUT2D eigenvalue weighted by atomic mass is 9.65. The van der Waals surface area contributed by atoms with Gasteiger partial charge in [-0.25, -0.2) is 4.98 Å². The van der Waals surface area contributed by atoms with Crippen LogP contribution in [0.4, 0.5) is 0 Å². The van der Waals surface area contributed by atoms with Gasteiger partial charge in [0.25, 0.3) is 0 Å². The number of aromatic amines is 1. The third-order valence-electron chi connectivity index (χ3n) is 8.50. The summed E-state index contributed by atoms with van der Waals surface area (Å²) >= 11 is 1.49. The fourth-order valence-corrected chi connectivity index (χ4v) is 7.25. The van der Waals surface area contributed by atoms with Crippen molar-refractivity contribution in [2.45, 2.75) is 81.6 Å². The minimum absolute atomic E-state index is 0.0163. The molecule has 0 radical (unpaired) electrons. The highest BCUT2D eigenvalue weighted by atomic mass is 32.2. The number of aromatic nitrogens is 3. The number of carbonyl (C=O) groups is 1. The molecule has 1 fully saturated rings. The van der Waals surface area contributed by atoms with Gasteiger partial charge in [0, 0.05) is 16.7 Å². The number of furan rings is 1. The molecule has 7 nitrogen and oxygen atoms in total. The van der Waals surface area contributed by atoms with Crippen molar-refractivity contribution in [2.24, 2.45) is 5.41 Å². The first-order valence-corrected chi connectivity index (χ1v) is 14.0. The van der Waals surface area contributed by atoms with Crippen LogP contribution >= 0.6 is 11.8 Å². The highest BCUT2D eigenvalue weighted by molar-refractivity contribution is 7.99. The van der Waals surface area contributed by atoms with Crippen molar-refractivity contribution in [1.82, 2.24) is 15.2 Å². The topological polar surface area (TPSA) is 112 Å². The second-order valence-corrected chi connectivity index (χ2v) is 11.8. The molecule has 196 valence electrons. The number of rotatable bonds is 5. The molecule has 0 saturated heterocycles. The molecule has 3 N–H and O–H groups in total. The number of fused-ring (bicyclic) bond motifs is 8. The quantitative estimate of drug-likeness (QED) is 0.232. The van der Waals surface area contributed by atoms with Gasteiger partial charge in [-0.2, -0.15) is 5.10 Å². The third kappa shape index (κ3) is 5.19. The van der Waals surface area contributed by atoms with E-state index >= 15 is 0 Å². The number of allylic oxidation sites excluding steroid dienone is 2. The van der Waals surface area contributed by atoms with Gasteiger partial charge in [0.05, 0.1) is 18.0 Å².